The second-order valence-corrected chi connectivity index (χ2v) is 17.2. The molecule has 0 atom stereocenters. The zero-order valence-electron chi connectivity index (χ0n) is 29.7. The molecule has 0 bridgehead atoms. The molecule has 2 aromatic heterocycles. The fraction of sp³-hybridized carbons (Fsp3) is 0.429. The summed E-state index contributed by atoms with van der Waals surface area (Å²) in [6.45, 7) is 12.4. The number of alkyl halides is 3. The van der Waals surface area contributed by atoms with Crippen molar-refractivity contribution in [2.45, 2.75) is 32.0 Å². The molecule has 0 saturated carbocycles. The van der Waals surface area contributed by atoms with Gasteiger partial charge >= 0.3 is 12.1 Å². The highest BCUT2D eigenvalue weighted by Gasteiger charge is 2.38. The fourth-order valence-electron chi connectivity index (χ4n) is 6.51. The highest BCUT2D eigenvalue weighted by molar-refractivity contribution is 9.10. The van der Waals surface area contributed by atoms with Crippen molar-refractivity contribution in [2.75, 3.05) is 82.3 Å². The van der Waals surface area contributed by atoms with Crippen LogP contribution in [0.15, 0.2) is 53.3 Å². The Hall–Kier alpha value is -3.98. The summed E-state index contributed by atoms with van der Waals surface area (Å²) < 4.78 is 51.7. The van der Waals surface area contributed by atoms with Crippen LogP contribution >= 0.6 is 23.1 Å². The van der Waals surface area contributed by atoms with E-state index in [1.165, 1.54) is 37.2 Å². The Morgan fingerprint density at radius 1 is 1.00 bits per heavy atom. The highest BCUT2D eigenvalue weighted by Crippen LogP contribution is 2.42. The van der Waals surface area contributed by atoms with Gasteiger partial charge in [0.1, 0.15) is 18.7 Å². The van der Waals surface area contributed by atoms with Crippen molar-refractivity contribution in [3.8, 4) is 5.75 Å². The van der Waals surface area contributed by atoms with Crippen LogP contribution in [0.2, 0.25) is 0 Å². The summed E-state index contributed by atoms with van der Waals surface area (Å²) in [7, 11) is 1.24. The molecule has 2 aliphatic heterocycles. The number of pyridine rings is 1. The molecule has 0 amide bonds. The third kappa shape index (κ3) is 9.51. The molecule has 17 heteroatoms. The predicted molar refractivity (Wildman–Crippen MR) is 203 cm³/mol. The predicted octanol–water partition coefficient (Wildman–Crippen LogP) is 6.69. The van der Waals surface area contributed by atoms with Gasteiger partial charge in [-0.05, 0) is 73.8 Å². The first-order chi connectivity index (χ1) is 24.5. The van der Waals surface area contributed by atoms with Crippen molar-refractivity contribution < 1.29 is 32.4 Å². The minimum Gasteiger partial charge on any atom is -0.494 e. The lowest BCUT2D eigenvalue weighted by atomic mass is 10.0. The minimum absolute atomic E-state index is 0.408. The Balaban J connectivity index is 0.000000679. The Bertz CT molecular complexity index is 1950. The number of ether oxygens (including phenoxy) is 1. The highest BCUT2D eigenvalue weighted by atomic mass is 79.9. The summed E-state index contributed by atoms with van der Waals surface area (Å²) >= 11 is 3.58. The molecule has 2 aliphatic rings. The summed E-state index contributed by atoms with van der Waals surface area (Å²) in [5, 5.41) is 15.5. The maximum atomic E-state index is 13.4. The van der Waals surface area contributed by atoms with Gasteiger partial charge in [0, 0.05) is 74.0 Å². The van der Waals surface area contributed by atoms with Gasteiger partial charge in [0.25, 0.3) is 0 Å². The number of hydrogen-bond donors (Lipinski definition) is 3. The van der Waals surface area contributed by atoms with Crippen LogP contribution < -0.4 is 25.6 Å². The smallest absolute Gasteiger partial charge is 0.490 e. The van der Waals surface area contributed by atoms with Crippen molar-refractivity contribution in [1.29, 1.82) is 0 Å². The van der Waals surface area contributed by atoms with Crippen molar-refractivity contribution in [2.24, 2.45) is 0 Å². The topological polar surface area (TPSA) is 136 Å². The molecule has 52 heavy (non-hydrogen) atoms. The summed E-state index contributed by atoms with van der Waals surface area (Å²) in [6, 6.07) is 12.7. The molecule has 4 aromatic rings. The van der Waals surface area contributed by atoms with E-state index in [9.17, 15) is 17.7 Å². The molecule has 12 nitrogen and oxygen atoms in total. The molecule has 0 unspecified atom stereocenters. The monoisotopic (exact) mass is 806 g/mol. The minimum atomic E-state index is -5.08. The van der Waals surface area contributed by atoms with Gasteiger partial charge in [-0.3, -0.25) is 9.88 Å². The van der Waals surface area contributed by atoms with Gasteiger partial charge in [-0.2, -0.15) is 18.2 Å². The second-order valence-electron chi connectivity index (χ2n) is 13.2. The fourth-order valence-corrected chi connectivity index (χ4v) is 8.26. The first-order valence-electron chi connectivity index (χ1n) is 16.7. The molecule has 4 heterocycles. The van der Waals surface area contributed by atoms with Crippen LogP contribution in [0, 0.1) is 6.92 Å². The number of hydrogen-bond acceptors (Lipinski definition) is 11. The van der Waals surface area contributed by atoms with Crippen LogP contribution in [0.25, 0.3) is 10.9 Å². The van der Waals surface area contributed by atoms with Gasteiger partial charge in [0.15, 0.2) is 0 Å². The van der Waals surface area contributed by atoms with Gasteiger partial charge in [0.2, 0.25) is 5.95 Å². The molecular weight excluding hydrogens is 764 g/mol. The van der Waals surface area contributed by atoms with Crippen LogP contribution in [0.4, 0.5) is 42.0 Å². The number of carboxylic acids is 1. The maximum absolute atomic E-state index is 13.4. The van der Waals surface area contributed by atoms with E-state index in [-0.39, 0.29) is 0 Å². The van der Waals surface area contributed by atoms with E-state index in [2.05, 4.69) is 77.3 Å². The van der Waals surface area contributed by atoms with Gasteiger partial charge in [-0.25, -0.2) is 9.78 Å². The molecule has 2 saturated heterocycles. The van der Waals surface area contributed by atoms with E-state index < -0.39 is 19.3 Å². The molecule has 3 N–H and O–H groups in total. The number of piperidine rings is 1. The van der Waals surface area contributed by atoms with Gasteiger partial charge in [0.05, 0.1) is 34.7 Å². The molecule has 2 fully saturated rings. The molecule has 6 rings (SSSR count). The number of halogens is 4. The molecular formula is C35H43BrF3N8O4P. The lowest BCUT2D eigenvalue weighted by Crippen LogP contribution is -2.52. The number of aromatic nitrogens is 3. The zero-order chi connectivity index (χ0) is 37.8. The number of benzene rings is 2. The van der Waals surface area contributed by atoms with Crippen LogP contribution in [0.1, 0.15) is 18.4 Å². The number of para-hydroxylation sites is 1. The van der Waals surface area contributed by atoms with Crippen LogP contribution in [-0.2, 0) is 9.36 Å². The quantitative estimate of drug-likeness (QED) is 0.164. The third-order valence-electron chi connectivity index (χ3n) is 9.15. The van der Waals surface area contributed by atoms with Gasteiger partial charge in [-0.15, -0.1) is 0 Å². The Kier molecular flexibility index (Phi) is 12.3. The van der Waals surface area contributed by atoms with Gasteiger partial charge < -0.3 is 34.8 Å². The molecule has 0 radical (unpaired) electrons. The van der Waals surface area contributed by atoms with Crippen LogP contribution in [0.5, 0.6) is 5.75 Å². The van der Waals surface area contributed by atoms with Crippen molar-refractivity contribution >= 4 is 74.1 Å². The Morgan fingerprint density at radius 2 is 1.65 bits per heavy atom. The zero-order valence-corrected chi connectivity index (χ0v) is 32.1. The van der Waals surface area contributed by atoms with Crippen LogP contribution in [0.3, 0.4) is 0 Å². The third-order valence-corrected chi connectivity index (χ3v) is 11.3. The molecule has 280 valence electrons. The van der Waals surface area contributed by atoms with Crippen molar-refractivity contribution in [3.05, 3.63) is 58.8 Å². The number of carboxylic acid groups (broad SMARTS) is 1. The number of fused-ring (bicyclic) bond motifs is 1. The van der Waals surface area contributed by atoms with Crippen molar-refractivity contribution in [1.82, 2.24) is 24.8 Å². The molecule has 0 spiro atoms. The Morgan fingerprint density at radius 3 is 2.27 bits per heavy atom. The summed E-state index contributed by atoms with van der Waals surface area (Å²) in [5.74, 6) is -1.08. The van der Waals surface area contributed by atoms with E-state index in [1.54, 1.807) is 32.8 Å². The molecule has 2 aromatic carbocycles. The summed E-state index contributed by atoms with van der Waals surface area (Å²) in [4.78, 5) is 30.4. The number of carbonyl (C=O) groups is 1. The number of aryl methyl sites for hydroxylation is 1. The normalized spacial score (nSPS) is 16.3. The largest absolute Gasteiger partial charge is 0.494 e. The number of likely N-dealkylation sites (N-methyl/N-ethyl adjacent to an activating group) is 1. The van der Waals surface area contributed by atoms with E-state index in [0.717, 1.165) is 53.8 Å². The lowest BCUT2D eigenvalue weighted by Gasteiger charge is -2.43. The average Bonchev–Trinajstić information content (AvgIpc) is 3.09. The first-order valence-corrected chi connectivity index (χ1v) is 20.1. The number of piperazine rings is 1. The number of methoxy groups -OCH3 is 1. The molecule has 0 aliphatic carbocycles. The maximum Gasteiger partial charge on any atom is 0.490 e. The Labute approximate surface area is 309 Å². The first kappa shape index (κ1) is 39.2. The lowest BCUT2D eigenvalue weighted by molar-refractivity contribution is -0.192. The number of aliphatic carboxylic acids is 1. The second kappa shape index (κ2) is 16.4. The number of rotatable bonds is 8. The summed E-state index contributed by atoms with van der Waals surface area (Å²) in [6.07, 6.45) is 0.682. The average molecular weight is 808 g/mol. The van der Waals surface area contributed by atoms with E-state index in [1.807, 2.05) is 24.3 Å². The van der Waals surface area contributed by atoms with Gasteiger partial charge in [-0.1, -0.05) is 18.2 Å². The number of nitrogens with one attached hydrogen (secondary N) is 2. The number of anilines is 5. The number of nitrogens with zero attached hydrogens (tertiary/aromatic N) is 6. The van der Waals surface area contributed by atoms with E-state index in [4.69, 9.17) is 19.6 Å². The van der Waals surface area contributed by atoms with Crippen molar-refractivity contribution in [3.63, 3.8) is 0 Å². The van der Waals surface area contributed by atoms with Crippen LogP contribution in [-0.4, -0.2) is 115 Å². The standard InChI is InChI=1S/C33H42BrN8O2P.C2HF3O2/c1-22-18-27(30(44-3)19-29(22)42-12-10-23(11-13-42)41-16-14-40(2)15-17-41)38-33-36-20-25(34)32(39-33)37-28-21-35-26-9-7-6-8-24(26)31(28)45(4,5)43;3-2(4,5)1(6)7/h6-9,18-21,23H,10-17H2,1-5H3,(H2,36,37,38,39);(H,6,7). The SMILES string of the molecule is COc1cc(N2CCC(N3CCN(C)CC3)CC2)c(C)cc1Nc1ncc(Br)c(Nc2cnc3ccccc3c2P(C)(C)=O)n1.O=C(O)C(F)(F)F. The van der Waals surface area contributed by atoms with E-state index >= 15 is 0 Å². The summed E-state index contributed by atoms with van der Waals surface area (Å²) in [5.41, 5.74) is 4.62. The van der Waals surface area contributed by atoms with E-state index in [0.29, 0.717) is 28.0 Å².